The Morgan fingerprint density at radius 3 is 2.82 bits per heavy atom. The number of aliphatic hydroxyl groups is 1. The largest absolute Gasteiger partial charge is 0.395 e. The molecular formula is C15H27NO. The molecule has 0 spiro atoms. The molecule has 17 heavy (non-hydrogen) atoms. The van der Waals surface area contributed by atoms with Gasteiger partial charge in [-0.15, -0.1) is 0 Å². The SMILES string of the molecule is C[C@@H](CO)N[C@@H]1CCCC[C@@H]1C1=CCCCC1. The van der Waals surface area contributed by atoms with Crippen molar-refractivity contribution in [2.45, 2.75) is 70.4 Å². The fourth-order valence-electron chi connectivity index (χ4n) is 3.39. The molecule has 0 bridgehead atoms. The van der Waals surface area contributed by atoms with E-state index in [2.05, 4.69) is 18.3 Å². The first-order chi connectivity index (χ1) is 8.31. The highest BCUT2D eigenvalue weighted by molar-refractivity contribution is 5.13. The van der Waals surface area contributed by atoms with E-state index in [0.29, 0.717) is 6.04 Å². The summed E-state index contributed by atoms with van der Waals surface area (Å²) in [6.45, 7) is 2.34. The first kappa shape index (κ1) is 13.1. The van der Waals surface area contributed by atoms with Gasteiger partial charge in [0.15, 0.2) is 0 Å². The summed E-state index contributed by atoms with van der Waals surface area (Å²) in [5, 5.41) is 12.8. The molecule has 2 aliphatic carbocycles. The number of aliphatic hydroxyl groups excluding tert-OH is 1. The third-order valence-corrected chi connectivity index (χ3v) is 4.34. The van der Waals surface area contributed by atoms with Crippen LogP contribution in [0, 0.1) is 5.92 Å². The number of hydrogen-bond acceptors (Lipinski definition) is 2. The molecule has 3 atom stereocenters. The fourth-order valence-corrected chi connectivity index (χ4v) is 3.39. The van der Waals surface area contributed by atoms with Crippen LogP contribution in [0.1, 0.15) is 58.3 Å². The van der Waals surface area contributed by atoms with Crippen LogP contribution in [-0.4, -0.2) is 23.8 Å². The van der Waals surface area contributed by atoms with Gasteiger partial charge in [0.2, 0.25) is 0 Å². The molecule has 0 unspecified atom stereocenters. The maximum absolute atomic E-state index is 9.18. The molecule has 0 aromatic carbocycles. The molecule has 2 N–H and O–H groups in total. The minimum Gasteiger partial charge on any atom is -0.395 e. The van der Waals surface area contributed by atoms with Gasteiger partial charge in [-0.25, -0.2) is 0 Å². The van der Waals surface area contributed by atoms with Crippen LogP contribution >= 0.6 is 0 Å². The Morgan fingerprint density at radius 1 is 1.29 bits per heavy atom. The van der Waals surface area contributed by atoms with Gasteiger partial charge in [-0.2, -0.15) is 0 Å². The summed E-state index contributed by atoms with van der Waals surface area (Å²) < 4.78 is 0. The number of hydrogen-bond donors (Lipinski definition) is 2. The summed E-state index contributed by atoms with van der Waals surface area (Å²) in [6, 6.07) is 0.847. The lowest BCUT2D eigenvalue weighted by molar-refractivity contribution is 0.207. The Morgan fingerprint density at radius 2 is 2.12 bits per heavy atom. The minimum atomic E-state index is 0.241. The highest BCUT2D eigenvalue weighted by Crippen LogP contribution is 2.35. The van der Waals surface area contributed by atoms with E-state index in [9.17, 15) is 5.11 Å². The second-order valence-corrected chi connectivity index (χ2v) is 5.77. The minimum absolute atomic E-state index is 0.241. The van der Waals surface area contributed by atoms with Crippen molar-refractivity contribution in [1.82, 2.24) is 5.32 Å². The molecular weight excluding hydrogens is 210 g/mol. The van der Waals surface area contributed by atoms with E-state index >= 15 is 0 Å². The molecule has 0 saturated heterocycles. The molecule has 0 amide bonds. The van der Waals surface area contributed by atoms with Crippen LogP contribution in [0.25, 0.3) is 0 Å². The lowest BCUT2D eigenvalue weighted by Crippen LogP contribution is -2.45. The van der Waals surface area contributed by atoms with Crippen LogP contribution in [0.3, 0.4) is 0 Å². The molecule has 0 radical (unpaired) electrons. The van der Waals surface area contributed by atoms with Crippen LogP contribution in [-0.2, 0) is 0 Å². The van der Waals surface area contributed by atoms with Crippen molar-refractivity contribution in [3.05, 3.63) is 11.6 Å². The van der Waals surface area contributed by atoms with E-state index in [0.717, 1.165) is 5.92 Å². The Labute approximate surface area is 105 Å². The highest BCUT2D eigenvalue weighted by Gasteiger charge is 2.28. The molecule has 0 aromatic heterocycles. The molecule has 2 rings (SSSR count). The van der Waals surface area contributed by atoms with Crippen molar-refractivity contribution in [3.63, 3.8) is 0 Å². The lowest BCUT2D eigenvalue weighted by atomic mass is 9.76. The Balaban J connectivity index is 1.98. The monoisotopic (exact) mass is 237 g/mol. The molecule has 98 valence electrons. The quantitative estimate of drug-likeness (QED) is 0.737. The van der Waals surface area contributed by atoms with E-state index in [1.807, 2.05) is 0 Å². The van der Waals surface area contributed by atoms with E-state index in [1.165, 1.54) is 51.4 Å². The summed E-state index contributed by atoms with van der Waals surface area (Å²) in [4.78, 5) is 0. The van der Waals surface area contributed by atoms with E-state index < -0.39 is 0 Å². The van der Waals surface area contributed by atoms with Gasteiger partial charge >= 0.3 is 0 Å². The van der Waals surface area contributed by atoms with Gasteiger partial charge < -0.3 is 10.4 Å². The van der Waals surface area contributed by atoms with Crippen LogP contribution in [0.4, 0.5) is 0 Å². The zero-order valence-corrected chi connectivity index (χ0v) is 11.1. The zero-order valence-electron chi connectivity index (χ0n) is 11.1. The Kier molecular flexibility index (Phi) is 5.05. The maximum atomic E-state index is 9.18. The molecule has 0 aliphatic heterocycles. The van der Waals surface area contributed by atoms with Crippen LogP contribution in [0.15, 0.2) is 11.6 Å². The molecule has 2 nitrogen and oxygen atoms in total. The first-order valence-corrected chi connectivity index (χ1v) is 7.37. The number of allylic oxidation sites excluding steroid dienone is 1. The molecule has 1 fully saturated rings. The smallest absolute Gasteiger partial charge is 0.0582 e. The summed E-state index contributed by atoms with van der Waals surface area (Å²) >= 11 is 0. The molecule has 0 aromatic rings. The first-order valence-electron chi connectivity index (χ1n) is 7.37. The Bertz CT molecular complexity index is 262. The molecule has 0 heterocycles. The van der Waals surface area contributed by atoms with Crippen LogP contribution in [0.5, 0.6) is 0 Å². The van der Waals surface area contributed by atoms with E-state index in [1.54, 1.807) is 5.57 Å². The Hall–Kier alpha value is -0.340. The predicted molar refractivity (Wildman–Crippen MR) is 72.0 cm³/mol. The zero-order chi connectivity index (χ0) is 12.1. The molecule has 2 aliphatic rings. The van der Waals surface area contributed by atoms with Gasteiger partial charge in [0, 0.05) is 12.1 Å². The summed E-state index contributed by atoms with van der Waals surface area (Å²) in [5.74, 6) is 0.748. The predicted octanol–water partition coefficient (Wildman–Crippen LogP) is 3.02. The van der Waals surface area contributed by atoms with Crippen LogP contribution in [0.2, 0.25) is 0 Å². The third kappa shape index (κ3) is 3.56. The summed E-state index contributed by atoms with van der Waals surface area (Å²) in [7, 11) is 0. The average Bonchev–Trinajstić information content (AvgIpc) is 2.40. The molecule has 1 saturated carbocycles. The second-order valence-electron chi connectivity index (χ2n) is 5.77. The number of rotatable bonds is 4. The normalized spacial score (nSPS) is 32.0. The summed E-state index contributed by atoms with van der Waals surface area (Å²) in [5.41, 5.74) is 1.71. The van der Waals surface area contributed by atoms with Crippen molar-refractivity contribution < 1.29 is 5.11 Å². The second kappa shape index (κ2) is 6.55. The van der Waals surface area contributed by atoms with Crippen molar-refractivity contribution in [2.24, 2.45) is 5.92 Å². The average molecular weight is 237 g/mol. The van der Waals surface area contributed by atoms with Gasteiger partial charge in [0.25, 0.3) is 0 Å². The highest BCUT2D eigenvalue weighted by atomic mass is 16.3. The third-order valence-electron chi connectivity index (χ3n) is 4.34. The van der Waals surface area contributed by atoms with Gasteiger partial charge in [0.05, 0.1) is 6.61 Å². The standard InChI is InChI=1S/C15H27NO/c1-12(11-17)16-15-10-6-5-9-14(15)13-7-3-2-4-8-13/h7,12,14-17H,2-6,8-11H2,1H3/t12-,14+,15+/m0/s1. The van der Waals surface area contributed by atoms with Crippen molar-refractivity contribution in [3.8, 4) is 0 Å². The maximum Gasteiger partial charge on any atom is 0.0582 e. The number of nitrogens with one attached hydrogen (secondary N) is 1. The van der Waals surface area contributed by atoms with Crippen molar-refractivity contribution >= 4 is 0 Å². The van der Waals surface area contributed by atoms with E-state index in [-0.39, 0.29) is 12.6 Å². The van der Waals surface area contributed by atoms with Gasteiger partial charge in [0.1, 0.15) is 0 Å². The topological polar surface area (TPSA) is 32.3 Å². The van der Waals surface area contributed by atoms with Crippen molar-refractivity contribution in [1.29, 1.82) is 0 Å². The van der Waals surface area contributed by atoms with E-state index in [4.69, 9.17) is 0 Å². The summed E-state index contributed by atoms with van der Waals surface area (Å²) in [6.07, 6.45) is 13.2. The molecule has 2 heteroatoms. The van der Waals surface area contributed by atoms with Gasteiger partial charge in [-0.3, -0.25) is 0 Å². The lowest BCUT2D eigenvalue weighted by Gasteiger charge is -2.36. The van der Waals surface area contributed by atoms with Crippen LogP contribution < -0.4 is 5.32 Å². The van der Waals surface area contributed by atoms with Gasteiger partial charge in [-0.1, -0.05) is 24.5 Å². The van der Waals surface area contributed by atoms with Gasteiger partial charge in [-0.05, 0) is 51.4 Å². The van der Waals surface area contributed by atoms with Crippen molar-refractivity contribution in [2.75, 3.05) is 6.61 Å². The fraction of sp³-hybridized carbons (Fsp3) is 0.867.